The van der Waals surface area contributed by atoms with Crippen molar-refractivity contribution in [1.82, 2.24) is 0 Å². The molecule has 0 spiro atoms. The fourth-order valence-electron chi connectivity index (χ4n) is 1.96. The van der Waals surface area contributed by atoms with Crippen molar-refractivity contribution in [3.8, 4) is 0 Å². The Morgan fingerprint density at radius 3 is 2.20 bits per heavy atom. The van der Waals surface area contributed by atoms with Crippen LogP contribution in [0.4, 0.5) is 5.69 Å². The molecule has 0 bridgehead atoms. The van der Waals surface area contributed by atoms with Gasteiger partial charge in [-0.1, -0.05) is 55.5 Å². The Bertz CT molecular complexity index is 560. The molecule has 20 heavy (non-hydrogen) atoms. The van der Waals surface area contributed by atoms with Crippen LogP contribution in [-0.4, -0.2) is 5.91 Å². The van der Waals surface area contributed by atoms with Crippen LogP contribution in [0.3, 0.4) is 0 Å². The number of hydrogen-bond donors (Lipinski definition) is 0. The summed E-state index contributed by atoms with van der Waals surface area (Å²) in [5.74, 6) is 0.117. The summed E-state index contributed by atoms with van der Waals surface area (Å²) < 4.78 is 0. The van der Waals surface area contributed by atoms with Crippen LogP contribution in [0, 0.1) is 0 Å². The summed E-state index contributed by atoms with van der Waals surface area (Å²) in [5.41, 5.74) is 1.98. The van der Waals surface area contributed by atoms with Crippen LogP contribution in [0.25, 0.3) is 6.08 Å². The highest BCUT2D eigenvalue weighted by Crippen LogP contribution is 2.16. The lowest BCUT2D eigenvalue weighted by Gasteiger charge is -2.18. The Morgan fingerprint density at radius 1 is 1.00 bits per heavy atom. The van der Waals surface area contributed by atoms with E-state index in [1.165, 1.54) is 0 Å². The maximum atomic E-state index is 12.2. The number of para-hydroxylation sites is 1. The number of nitrogens with zero attached hydrogens (tertiary/aromatic N) is 1. The summed E-state index contributed by atoms with van der Waals surface area (Å²) >= 11 is 0. The molecule has 2 aromatic rings. The summed E-state index contributed by atoms with van der Waals surface area (Å²) in [6.45, 7) is 2.02. The van der Waals surface area contributed by atoms with E-state index < -0.39 is 0 Å². The topological polar surface area (TPSA) is 20.3 Å². The van der Waals surface area contributed by atoms with E-state index in [4.69, 9.17) is 0 Å². The minimum atomic E-state index is 0.117. The minimum absolute atomic E-state index is 0.117. The monoisotopic (exact) mass is 265 g/mol. The molecular formula is C18H19NO. The molecule has 1 amide bonds. The van der Waals surface area contributed by atoms with Gasteiger partial charge in [-0.2, -0.15) is 0 Å². The van der Waals surface area contributed by atoms with Gasteiger partial charge >= 0.3 is 0 Å². The van der Waals surface area contributed by atoms with Crippen LogP contribution in [0.15, 0.2) is 66.9 Å². The second kappa shape index (κ2) is 7.29. The molecule has 2 aromatic carbocycles. The number of anilines is 1. The lowest BCUT2D eigenvalue weighted by atomic mass is 10.2. The zero-order chi connectivity index (χ0) is 14.2. The molecule has 0 atom stereocenters. The van der Waals surface area contributed by atoms with Gasteiger partial charge in [0.05, 0.1) is 0 Å². The van der Waals surface area contributed by atoms with Gasteiger partial charge in [-0.3, -0.25) is 9.69 Å². The fraction of sp³-hybridized carbons (Fsp3) is 0.167. The van der Waals surface area contributed by atoms with Crippen molar-refractivity contribution in [3.05, 3.63) is 72.4 Å². The molecule has 0 fully saturated rings. The number of carbonyl (C=O) groups excluding carboxylic acids is 1. The summed E-state index contributed by atoms with van der Waals surface area (Å²) in [6.07, 6.45) is 5.21. The van der Waals surface area contributed by atoms with Crippen molar-refractivity contribution >= 4 is 17.7 Å². The van der Waals surface area contributed by atoms with Crippen LogP contribution >= 0.6 is 0 Å². The zero-order valence-corrected chi connectivity index (χ0v) is 11.7. The van der Waals surface area contributed by atoms with Gasteiger partial charge in [0.15, 0.2) is 0 Å². The molecule has 0 saturated heterocycles. The fourth-order valence-corrected chi connectivity index (χ4v) is 1.96. The number of amides is 1. The molecule has 0 N–H and O–H groups in total. The van der Waals surface area contributed by atoms with E-state index in [0.29, 0.717) is 6.42 Å². The first kappa shape index (κ1) is 14.1. The minimum Gasteiger partial charge on any atom is -0.288 e. The number of benzene rings is 2. The normalized spacial score (nSPS) is 10.7. The first-order valence-corrected chi connectivity index (χ1v) is 6.91. The summed E-state index contributed by atoms with van der Waals surface area (Å²) in [7, 11) is 0. The van der Waals surface area contributed by atoms with Crippen molar-refractivity contribution in [1.29, 1.82) is 0 Å². The van der Waals surface area contributed by atoms with E-state index in [1.54, 1.807) is 4.90 Å². The molecular weight excluding hydrogens is 246 g/mol. The molecule has 0 aromatic heterocycles. The van der Waals surface area contributed by atoms with Gasteiger partial charge in [-0.25, -0.2) is 0 Å². The standard InChI is InChI=1S/C18H19NO/c1-2-9-18(20)19(17-12-7-4-8-13-17)15-14-16-10-5-3-6-11-16/h3-8,10-15H,2,9H2,1H3/b15-14-. The molecule has 0 saturated carbocycles. The number of carbonyl (C=O) groups is 1. The molecule has 2 nitrogen and oxygen atoms in total. The molecule has 0 aliphatic carbocycles. The summed E-state index contributed by atoms with van der Waals surface area (Å²) in [5, 5.41) is 0. The molecule has 2 rings (SSSR count). The Balaban J connectivity index is 2.23. The second-order valence-electron chi connectivity index (χ2n) is 4.58. The van der Waals surface area contributed by atoms with Crippen LogP contribution in [0.1, 0.15) is 25.3 Å². The smallest absolute Gasteiger partial charge is 0.231 e. The van der Waals surface area contributed by atoms with Gasteiger partial charge in [0.25, 0.3) is 0 Å². The SMILES string of the molecule is CCCC(=O)N(/C=C\c1ccccc1)c1ccccc1. The molecule has 0 heterocycles. The maximum absolute atomic E-state index is 12.2. The van der Waals surface area contributed by atoms with E-state index in [-0.39, 0.29) is 5.91 Å². The third kappa shape index (κ3) is 3.82. The largest absolute Gasteiger partial charge is 0.288 e. The first-order valence-electron chi connectivity index (χ1n) is 6.91. The van der Waals surface area contributed by atoms with Crippen LogP contribution in [0.2, 0.25) is 0 Å². The van der Waals surface area contributed by atoms with E-state index in [2.05, 4.69) is 0 Å². The van der Waals surface area contributed by atoms with Gasteiger partial charge in [0, 0.05) is 18.3 Å². The third-order valence-electron chi connectivity index (χ3n) is 2.98. The molecule has 2 heteroatoms. The second-order valence-corrected chi connectivity index (χ2v) is 4.58. The predicted octanol–water partition coefficient (Wildman–Crippen LogP) is 4.49. The molecule has 102 valence electrons. The highest BCUT2D eigenvalue weighted by molar-refractivity contribution is 5.95. The molecule has 0 radical (unpaired) electrons. The number of rotatable bonds is 5. The predicted molar refractivity (Wildman–Crippen MR) is 84.3 cm³/mol. The number of hydrogen-bond acceptors (Lipinski definition) is 1. The zero-order valence-electron chi connectivity index (χ0n) is 11.7. The average molecular weight is 265 g/mol. The van der Waals surface area contributed by atoms with E-state index >= 15 is 0 Å². The Morgan fingerprint density at radius 2 is 1.60 bits per heavy atom. The van der Waals surface area contributed by atoms with Crippen LogP contribution in [0.5, 0.6) is 0 Å². The Hall–Kier alpha value is -2.35. The van der Waals surface area contributed by atoms with Crippen molar-refractivity contribution in [2.75, 3.05) is 4.90 Å². The van der Waals surface area contributed by atoms with E-state index in [9.17, 15) is 4.79 Å². The lowest BCUT2D eigenvalue weighted by molar-refractivity contribution is -0.118. The quantitative estimate of drug-likeness (QED) is 0.780. The third-order valence-corrected chi connectivity index (χ3v) is 2.98. The summed E-state index contributed by atoms with van der Waals surface area (Å²) in [6, 6.07) is 19.7. The van der Waals surface area contributed by atoms with E-state index in [0.717, 1.165) is 17.7 Å². The average Bonchev–Trinajstić information content (AvgIpc) is 2.50. The van der Waals surface area contributed by atoms with Crippen molar-refractivity contribution < 1.29 is 4.79 Å². The van der Waals surface area contributed by atoms with Crippen LogP contribution in [-0.2, 0) is 4.79 Å². The first-order chi connectivity index (χ1) is 9.81. The van der Waals surface area contributed by atoms with Gasteiger partial charge in [0.1, 0.15) is 0 Å². The maximum Gasteiger partial charge on any atom is 0.231 e. The van der Waals surface area contributed by atoms with Crippen molar-refractivity contribution in [2.45, 2.75) is 19.8 Å². The summed E-state index contributed by atoms with van der Waals surface area (Å²) in [4.78, 5) is 14.0. The van der Waals surface area contributed by atoms with Gasteiger partial charge < -0.3 is 0 Å². The molecule has 0 unspecified atom stereocenters. The van der Waals surface area contributed by atoms with Crippen molar-refractivity contribution in [3.63, 3.8) is 0 Å². The lowest BCUT2D eigenvalue weighted by Crippen LogP contribution is -2.24. The Kier molecular flexibility index (Phi) is 5.13. The van der Waals surface area contributed by atoms with Gasteiger partial charge in [0.2, 0.25) is 5.91 Å². The van der Waals surface area contributed by atoms with Gasteiger partial charge in [-0.15, -0.1) is 0 Å². The Labute approximate surface area is 120 Å². The van der Waals surface area contributed by atoms with E-state index in [1.807, 2.05) is 79.9 Å². The highest BCUT2D eigenvalue weighted by atomic mass is 16.2. The molecule has 0 aliphatic rings. The van der Waals surface area contributed by atoms with Crippen molar-refractivity contribution in [2.24, 2.45) is 0 Å². The van der Waals surface area contributed by atoms with Gasteiger partial charge in [-0.05, 0) is 30.2 Å². The highest BCUT2D eigenvalue weighted by Gasteiger charge is 2.11. The molecule has 0 aliphatic heterocycles. The van der Waals surface area contributed by atoms with Crippen LogP contribution < -0.4 is 4.90 Å².